The molecule has 0 bridgehead atoms. The molecule has 1 atom stereocenters. The SMILES string of the molecule is [B]c1c(OCCCC)noc1[C@H](O)C=C. The number of nitrogens with zero attached hydrogens (tertiary/aromatic N) is 1. The van der Waals surface area contributed by atoms with Gasteiger partial charge in [-0.25, -0.2) is 0 Å². The molecule has 15 heavy (non-hydrogen) atoms. The highest BCUT2D eigenvalue weighted by molar-refractivity contribution is 6.34. The van der Waals surface area contributed by atoms with Crippen molar-refractivity contribution in [3.63, 3.8) is 0 Å². The molecule has 0 unspecified atom stereocenters. The van der Waals surface area contributed by atoms with Gasteiger partial charge in [0, 0.05) is 5.46 Å². The van der Waals surface area contributed by atoms with E-state index in [1.807, 2.05) is 0 Å². The maximum absolute atomic E-state index is 9.41. The summed E-state index contributed by atoms with van der Waals surface area (Å²) in [7, 11) is 5.67. The minimum absolute atomic E-state index is 0.177. The molecule has 0 amide bonds. The molecule has 0 aliphatic rings. The molecule has 1 heterocycles. The zero-order valence-electron chi connectivity index (χ0n) is 8.77. The molecule has 5 heteroatoms. The van der Waals surface area contributed by atoms with Crippen LogP contribution in [0.4, 0.5) is 0 Å². The average molecular weight is 207 g/mol. The lowest BCUT2D eigenvalue weighted by molar-refractivity contribution is 0.182. The van der Waals surface area contributed by atoms with Crippen LogP contribution in [0.2, 0.25) is 0 Å². The van der Waals surface area contributed by atoms with Crippen molar-refractivity contribution >= 4 is 13.3 Å². The lowest BCUT2D eigenvalue weighted by Crippen LogP contribution is -2.13. The zero-order chi connectivity index (χ0) is 11.3. The molecule has 0 saturated carbocycles. The van der Waals surface area contributed by atoms with E-state index in [0.717, 1.165) is 12.8 Å². The van der Waals surface area contributed by atoms with E-state index in [2.05, 4.69) is 18.7 Å². The minimum Gasteiger partial charge on any atom is -0.476 e. The lowest BCUT2D eigenvalue weighted by Gasteiger charge is -2.03. The van der Waals surface area contributed by atoms with E-state index < -0.39 is 6.10 Å². The zero-order valence-corrected chi connectivity index (χ0v) is 8.77. The summed E-state index contributed by atoms with van der Waals surface area (Å²) in [4.78, 5) is 0. The number of unbranched alkanes of at least 4 members (excludes halogenated alkanes) is 1. The molecule has 0 fully saturated rings. The van der Waals surface area contributed by atoms with Crippen molar-refractivity contribution in [2.45, 2.75) is 25.9 Å². The highest BCUT2D eigenvalue weighted by Crippen LogP contribution is 2.15. The summed E-state index contributed by atoms with van der Waals surface area (Å²) in [5.74, 6) is 0.413. The Balaban J connectivity index is 2.66. The van der Waals surface area contributed by atoms with E-state index in [1.165, 1.54) is 6.08 Å². The van der Waals surface area contributed by atoms with Crippen molar-refractivity contribution in [1.82, 2.24) is 5.16 Å². The molecule has 0 aromatic carbocycles. The molecule has 1 N–H and O–H groups in total. The van der Waals surface area contributed by atoms with Crippen LogP contribution in [0.15, 0.2) is 17.2 Å². The van der Waals surface area contributed by atoms with Gasteiger partial charge in [0.15, 0.2) is 5.76 Å². The van der Waals surface area contributed by atoms with Crippen molar-refractivity contribution in [3.8, 4) is 5.88 Å². The predicted molar refractivity (Wildman–Crippen MR) is 57.5 cm³/mol. The molecule has 0 aliphatic carbocycles. The summed E-state index contributed by atoms with van der Waals surface area (Å²) in [5.41, 5.74) is 0.235. The maximum Gasteiger partial charge on any atom is 0.247 e. The molecule has 2 radical (unpaired) electrons. The molecule has 1 rings (SSSR count). The number of aliphatic hydroxyl groups excluding tert-OH is 1. The van der Waals surface area contributed by atoms with Gasteiger partial charge in [0.25, 0.3) is 0 Å². The van der Waals surface area contributed by atoms with Gasteiger partial charge in [-0.3, -0.25) is 0 Å². The van der Waals surface area contributed by atoms with E-state index in [0.29, 0.717) is 6.61 Å². The van der Waals surface area contributed by atoms with Gasteiger partial charge < -0.3 is 14.4 Å². The Hall–Kier alpha value is -1.23. The van der Waals surface area contributed by atoms with E-state index in [9.17, 15) is 5.11 Å². The van der Waals surface area contributed by atoms with Crippen LogP contribution in [0.25, 0.3) is 0 Å². The molecule has 80 valence electrons. The number of rotatable bonds is 6. The fourth-order valence-corrected chi connectivity index (χ4v) is 1.03. The van der Waals surface area contributed by atoms with Crippen LogP contribution in [0, 0.1) is 0 Å². The Bertz CT molecular complexity index is 324. The second-order valence-corrected chi connectivity index (χ2v) is 3.15. The maximum atomic E-state index is 9.41. The van der Waals surface area contributed by atoms with Gasteiger partial charge >= 0.3 is 0 Å². The van der Waals surface area contributed by atoms with Gasteiger partial charge in [0.2, 0.25) is 5.88 Å². The van der Waals surface area contributed by atoms with E-state index >= 15 is 0 Å². The molecule has 1 aromatic heterocycles. The average Bonchev–Trinajstić information content (AvgIpc) is 2.60. The first-order valence-corrected chi connectivity index (χ1v) is 4.89. The highest BCUT2D eigenvalue weighted by Gasteiger charge is 2.17. The number of aliphatic hydroxyl groups is 1. The second kappa shape index (κ2) is 5.61. The van der Waals surface area contributed by atoms with Crippen LogP contribution in [0.1, 0.15) is 31.6 Å². The van der Waals surface area contributed by atoms with Crippen molar-refractivity contribution in [2.75, 3.05) is 6.61 Å². The highest BCUT2D eigenvalue weighted by atomic mass is 16.5. The van der Waals surface area contributed by atoms with Crippen LogP contribution >= 0.6 is 0 Å². The molecule has 0 saturated heterocycles. The first-order valence-electron chi connectivity index (χ1n) is 4.89. The largest absolute Gasteiger partial charge is 0.476 e. The van der Waals surface area contributed by atoms with Crippen LogP contribution in [-0.2, 0) is 0 Å². The predicted octanol–water partition coefficient (Wildman–Crippen LogP) is 0.867. The van der Waals surface area contributed by atoms with E-state index in [-0.39, 0.29) is 17.1 Å². The number of aromatic nitrogens is 1. The van der Waals surface area contributed by atoms with Crippen LogP contribution in [-0.4, -0.2) is 24.7 Å². The van der Waals surface area contributed by atoms with Gasteiger partial charge in [-0.2, -0.15) is 0 Å². The number of hydrogen-bond acceptors (Lipinski definition) is 4. The quantitative estimate of drug-likeness (QED) is 0.427. The van der Waals surface area contributed by atoms with E-state index in [4.69, 9.17) is 17.1 Å². The fourth-order valence-electron chi connectivity index (χ4n) is 1.03. The summed E-state index contributed by atoms with van der Waals surface area (Å²) < 4.78 is 10.1. The first-order chi connectivity index (χ1) is 7.20. The van der Waals surface area contributed by atoms with Crippen molar-refractivity contribution in [3.05, 3.63) is 18.4 Å². The fraction of sp³-hybridized carbons (Fsp3) is 0.500. The van der Waals surface area contributed by atoms with Gasteiger partial charge in [-0.05, 0) is 11.6 Å². The van der Waals surface area contributed by atoms with Crippen LogP contribution in [0.3, 0.4) is 0 Å². The molecular formula is C10H14BNO3. The van der Waals surface area contributed by atoms with Crippen molar-refractivity contribution in [2.24, 2.45) is 0 Å². The van der Waals surface area contributed by atoms with Crippen LogP contribution < -0.4 is 10.2 Å². The topological polar surface area (TPSA) is 55.5 Å². The van der Waals surface area contributed by atoms with Gasteiger partial charge in [0.05, 0.1) is 6.61 Å². The summed E-state index contributed by atoms with van der Waals surface area (Å²) in [6.07, 6.45) is 2.32. The Morgan fingerprint density at radius 2 is 2.47 bits per heavy atom. The summed E-state index contributed by atoms with van der Waals surface area (Å²) in [6.45, 7) is 6.03. The monoisotopic (exact) mass is 207 g/mol. The second-order valence-electron chi connectivity index (χ2n) is 3.15. The summed E-state index contributed by atoms with van der Waals surface area (Å²) >= 11 is 0. The molecule has 4 nitrogen and oxygen atoms in total. The smallest absolute Gasteiger partial charge is 0.247 e. The third kappa shape index (κ3) is 2.86. The molecule has 1 aromatic rings. The first kappa shape index (κ1) is 11.8. The summed E-state index contributed by atoms with van der Waals surface area (Å²) in [6, 6.07) is 0. The standard InChI is InChI=1S/C10H14BNO3/c1-3-5-6-14-10-8(11)9(15-12-10)7(13)4-2/h4,7,13H,2-3,5-6H2,1H3/t7-/m1/s1. The third-order valence-electron chi connectivity index (χ3n) is 1.95. The normalized spacial score (nSPS) is 12.4. The lowest BCUT2D eigenvalue weighted by atomic mass is 9.94. The van der Waals surface area contributed by atoms with Crippen molar-refractivity contribution in [1.29, 1.82) is 0 Å². The third-order valence-corrected chi connectivity index (χ3v) is 1.95. The van der Waals surface area contributed by atoms with Gasteiger partial charge in [0.1, 0.15) is 14.0 Å². The Labute approximate surface area is 90.3 Å². The van der Waals surface area contributed by atoms with E-state index in [1.54, 1.807) is 0 Å². The number of hydrogen-bond donors (Lipinski definition) is 1. The molecular weight excluding hydrogens is 193 g/mol. The van der Waals surface area contributed by atoms with Crippen molar-refractivity contribution < 1.29 is 14.4 Å². The molecule has 0 aliphatic heterocycles. The van der Waals surface area contributed by atoms with Gasteiger partial charge in [-0.1, -0.05) is 19.4 Å². The number of ether oxygens (including phenoxy) is 1. The summed E-state index contributed by atoms with van der Waals surface area (Å²) in [5, 5.41) is 13.0. The Morgan fingerprint density at radius 3 is 3.07 bits per heavy atom. The minimum atomic E-state index is -0.943. The Morgan fingerprint density at radius 1 is 1.73 bits per heavy atom. The molecule has 0 spiro atoms. The van der Waals surface area contributed by atoms with Gasteiger partial charge in [-0.15, -0.1) is 6.58 Å². The van der Waals surface area contributed by atoms with Crippen LogP contribution in [0.5, 0.6) is 5.88 Å². The Kier molecular flexibility index (Phi) is 4.43.